The van der Waals surface area contributed by atoms with Crippen LogP contribution in [0.15, 0.2) is 192 Å². The molecule has 13 rings (SSSR count). The molecule has 0 amide bonds. The number of rotatable bonds is 7. The molecule has 0 aliphatic rings. The van der Waals surface area contributed by atoms with Crippen molar-refractivity contribution in [1.82, 2.24) is 19.8 Å². The summed E-state index contributed by atoms with van der Waals surface area (Å²) < 4.78 is 28.9. The maximum absolute atomic E-state index is 11.1. The monoisotopic (exact) mass is 1480 g/mol. The quantitative estimate of drug-likeness (QED) is 0.0220. The number of ketones is 1. The largest absolute Gasteiger partial charge is 0.476 e. The van der Waals surface area contributed by atoms with Crippen LogP contribution < -0.4 is 0 Å². The second-order valence-corrected chi connectivity index (χ2v) is 26.8. The Kier molecular flexibility index (Phi) is 34.9. The zero-order chi connectivity index (χ0) is 78.6. The highest BCUT2D eigenvalue weighted by molar-refractivity contribution is 7.79. The minimum absolute atomic E-state index is 0. The second-order valence-electron chi connectivity index (χ2n) is 25.8. The van der Waals surface area contributed by atoms with Crippen molar-refractivity contribution in [3.05, 3.63) is 292 Å². The molecule has 107 heavy (non-hydrogen) atoms. The summed E-state index contributed by atoms with van der Waals surface area (Å²) in [7, 11) is 1.39. The Bertz CT molecular complexity index is 5050. The molecule has 0 saturated carbocycles. The van der Waals surface area contributed by atoms with E-state index in [0.717, 1.165) is 89.1 Å². The van der Waals surface area contributed by atoms with Crippen LogP contribution in [0.5, 0.6) is 0 Å². The molecule has 13 aromatic rings. The molecule has 0 atom stereocenters. The smallest absolute Gasteiger partial charge is 0.358 e. The van der Waals surface area contributed by atoms with Gasteiger partial charge in [0.2, 0.25) is 0 Å². The van der Waals surface area contributed by atoms with Crippen molar-refractivity contribution in [2.45, 2.75) is 146 Å². The molecule has 0 fully saturated rings. The first-order valence-electron chi connectivity index (χ1n) is 33.8. The number of ether oxygens (including phenoxy) is 1. The Morgan fingerprint density at radius 2 is 0.757 bits per heavy atom. The van der Waals surface area contributed by atoms with Crippen molar-refractivity contribution in [3.8, 4) is 0 Å². The summed E-state index contributed by atoms with van der Waals surface area (Å²) in [6.07, 6.45) is 0.696. The Morgan fingerprint density at radius 1 is 0.421 bits per heavy atom. The van der Waals surface area contributed by atoms with Gasteiger partial charge in [-0.1, -0.05) is 176 Å². The van der Waals surface area contributed by atoms with Crippen LogP contribution in [0.25, 0.3) is 43.0 Å². The molecule has 3 N–H and O–H groups in total. The number of hydrogen-bond donors (Lipinski definition) is 4. The predicted molar refractivity (Wildman–Crippen MR) is 439 cm³/mol. The molecule has 560 valence electrons. The van der Waals surface area contributed by atoms with Gasteiger partial charge in [-0.25, -0.2) is 14.0 Å². The molecular weight excluding hydrogens is 1380 g/mol. The number of aromatic carboxylic acids is 1. The van der Waals surface area contributed by atoms with Gasteiger partial charge in [0, 0.05) is 27.5 Å². The molecule has 0 aliphatic carbocycles. The molecule has 18 nitrogen and oxygen atoms in total. The van der Waals surface area contributed by atoms with E-state index in [1.807, 2.05) is 188 Å². The number of esters is 1. The van der Waals surface area contributed by atoms with Crippen LogP contribution in [0.2, 0.25) is 0 Å². The number of fused-ring (bicyclic) bond motifs is 4. The lowest BCUT2D eigenvalue weighted by molar-refractivity contribution is 0.0598. The second kappa shape index (κ2) is 42.5. The van der Waals surface area contributed by atoms with Crippen molar-refractivity contribution in [2.75, 3.05) is 7.11 Å². The number of aldehydes is 1. The molecular formula is C87H99N7O11S2. The highest BCUT2D eigenvalue weighted by Crippen LogP contribution is 2.25. The van der Waals surface area contributed by atoms with E-state index < -0.39 is 5.97 Å². The number of hydrogen-bond acceptors (Lipinski definition) is 19. The van der Waals surface area contributed by atoms with Crippen LogP contribution in [0, 0.1) is 111 Å². The van der Waals surface area contributed by atoms with E-state index in [1.165, 1.54) is 61.7 Å². The first kappa shape index (κ1) is 87.9. The first-order chi connectivity index (χ1) is 50.2. The lowest BCUT2D eigenvalue weighted by Gasteiger charge is -2.04. The standard InChI is InChI=1S/2C10H13NO.C10H13NS.C10H12O2.C10H12O.C9H7NO3.C9H7NO2.C9H9NO.C9H9NS.CH4/c3*1-7-4-5-10(8(2)6-7)9(3)11-12;1-7-4-5-9(8(2)6-7)10(11)12-3;1-7-4-5-10(9(3)11)8(2)6-7;1-5-2-3-6-7(4-5)13-10-8(6)9(11)12;1-6-2-3-7-8(5-11)10-12-9(7)4-6;2*1-6-3-4-8-7(2)10-11-9(8)5-6;/h3*4-6,12H,1-3H3;4-6H,1-3H3;4-6H,1-3H3;2-4H,1H3,(H,11,12);2-5H,1H3;2*3-5H,1-2H3;1H4/b2*11-9+;;;;;;;;. The lowest BCUT2D eigenvalue weighted by Crippen LogP contribution is -2.03. The molecule has 9 aromatic carbocycles. The van der Waals surface area contributed by atoms with E-state index in [2.05, 4.69) is 127 Å². The molecule has 20 heteroatoms. The Labute approximate surface area is 637 Å². The van der Waals surface area contributed by atoms with Gasteiger partial charge in [0.25, 0.3) is 0 Å². The molecule has 4 heterocycles. The van der Waals surface area contributed by atoms with E-state index in [-0.39, 0.29) is 24.9 Å². The number of carbonyl (C=O) groups excluding carboxylic acids is 3. The fraction of sp³-hybridized carbons (Fsp3) is 0.253. The number of thiol groups is 1. The molecule has 0 bridgehead atoms. The zero-order valence-electron chi connectivity index (χ0n) is 64.3. The van der Waals surface area contributed by atoms with Gasteiger partial charge < -0.3 is 33.8 Å². The van der Waals surface area contributed by atoms with Gasteiger partial charge in [0.15, 0.2) is 40.2 Å². The Morgan fingerprint density at radius 3 is 1.15 bits per heavy atom. The number of carboxylic acids is 1. The van der Waals surface area contributed by atoms with Crippen molar-refractivity contribution in [3.63, 3.8) is 0 Å². The van der Waals surface area contributed by atoms with Crippen LogP contribution in [-0.2, 0) is 4.74 Å². The maximum Gasteiger partial charge on any atom is 0.358 e. The first-order valence-corrected chi connectivity index (χ1v) is 35.0. The third-order valence-electron chi connectivity index (χ3n) is 16.5. The van der Waals surface area contributed by atoms with Crippen molar-refractivity contribution < 1.29 is 53.0 Å². The summed E-state index contributed by atoms with van der Waals surface area (Å²) in [5.74, 6) is -1.20. The normalized spacial score (nSPS) is 10.7. The van der Waals surface area contributed by atoms with Gasteiger partial charge in [0.05, 0.1) is 56.7 Å². The molecule has 0 spiro atoms. The number of Topliss-reactive ketones (excluding diaryl/α,β-unsaturated/α-hetero) is 1. The molecule has 0 unspecified atom stereocenters. The predicted octanol–water partition coefficient (Wildman–Crippen LogP) is 22.3. The Balaban J connectivity index is 0.000000254. The average molecular weight is 1480 g/mol. The summed E-state index contributed by atoms with van der Waals surface area (Å²) in [4.78, 5) is 43.2. The minimum Gasteiger partial charge on any atom is -0.476 e. The van der Waals surface area contributed by atoms with E-state index >= 15 is 0 Å². The van der Waals surface area contributed by atoms with Gasteiger partial charge in [-0.3, -0.25) is 9.59 Å². The summed E-state index contributed by atoms with van der Waals surface area (Å²) in [5, 5.41) is 46.8. The highest BCUT2D eigenvalue weighted by Gasteiger charge is 2.15. The van der Waals surface area contributed by atoms with Crippen molar-refractivity contribution in [1.29, 1.82) is 0 Å². The van der Waals surface area contributed by atoms with Gasteiger partial charge in [-0.2, -0.15) is 4.37 Å². The SMILES string of the molecule is C.C/C(=N\O)c1ccc(C)cc1C.C/C(=N\O)c1ccc(C)cc1C.CC(=NS)c1ccc(C)cc1C.CC(=O)c1ccc(C)cc1C.COC(=O)c1ccc(C)cc1C.Cc1ccc2c(C(=O)O)noc2c1.Cc1ccc2c(C)noc2c1.Cc1ccc2c(C)nsc2c1.Cc1ccc2c(C=O)noc2c1. The van der Waals surface area contributed by atoms with E-state index in [1.54, 1.807) is 50.5 Å². The summed E-state index contributed by atoms with van der Waals surface area (Å²) in [6, 6.07) is 53.4. The number of carbonyl (C=O) groups is 4. The van der Waals surface area contributed by atoms with Crippen molar-refractivity contribution in [2.24, 2.45) is 14.7 Å². The fourth-order valence-electron chi connectivity index (χ4n) is 10.9. The average Bonchev–Trinajstić information content (AvgIpc) is 1.69. The number of nitrogens with zero attached hydrogens (tertiary/aromatic N) is 7. The molecule has 4 aromatic heterocycles. The lowest BCUT2D eigenvalue weighted by atomic mass is 10.0. The van der Waals surface area contributed by atoms with E-state index in [9.17, 15) is 19.2 Å². The number of carboxylic acid groups (broad SMARTS) is 1. The Hall–Kier alpha value is -11.5. The number of oxime groups is 2. The number of aromatic nitrogens is 4. The number of aryl methyl sites for hydroxylation is 16. The maximum atomic E-state index is 11.1. The van der Waals surface area contributed by atoms with Gasteiger partial charge in [-0.05, 0) is 267 Å². The van der Waals surface area contributed by atoms with Crippen LogP contribution in [0.4, 0.5) is 0 Å². The summed E-state index contributed by atoms with van der Waals surface area (Å²) in [5.41, 5.74) is 27.7. The number of methoxy groups -OCH3 is 1. The van der Waals surface area contributed by atoms with Crippen LogP contribution in [0.1, 0.15) is 183 Å². The third kappa shape index (κ3) is 26.3. The third-order valence-corrected chi connectivity index (χ3v) is 17.7. The zero-order valence-corrected chi connectivity index (χ0v) is 66.0. The summed E-state index contributed by atoms with van der Waals surface area (Å²) in [6.45, 7) is 39.3. The van der Waals surface area contributed by atoms with Crippen LogP contribution in [-0.4, -0.2) is 83.6 Å². The molecule has 0 saturated heterocycles. The van der Waals surface area contributed by atoms with E-state index in [0.29, 0.717) is 45.5 Å². The highest BCUT2D eigenvalue weighted by atomic mass is 32.1. The molecule has 0 radical (unpaired) electrons. The van der Waals surface area contributed by atoms with Gasteiger partial charge >= 0.3 is 11.9 Å². The summed E-state index contributed by atoms with van der Waals surface area (Å²) >= 11 is 5.47. The van der Waals surface area contributed by atoms with E-state index in [4.69, 9.17) is 29.1 Å². The van der Waals surface area contributed by atoms with Gasteiger partial charge in [-0.15, -0.1) is 0 Å². The van der Waals surface area contributed by atoms with Crippen LogP contribution in [0.3, 0.4) is 0 Å². The number of benzene rings is 9. The fourth-order valence-corrected chi connectivity index (χ4v) is 11.9. The molecule has 0 aliphatic heterocycles. The van der Waals surface area contributed by atoms with Crippen molar-refractivity contribution >= 4 is 108 Å². The minimum atomic E-state index is -1.07. The van der Waals surface area contributed by atoms with Gasteiger partial charge in [0.1, 0.15) is 0 Å². The van der Waals surface area contributed by atoms with Crippen LogP contribution >= 0.6 is 24.3 Å². The topological polar surface area (TPSA) is 266 Å².